The number of halogens is 2. The van der Waals surface area contributed by atoms with Crippen molar-refractivity contribution in [3.63, 3.8) is 0 Å². The van der Waals surface area contributed by atoms with Crippen LogP contribution < -0.4 is 5.32 Å². The van der Waals surface area contributed by atoms with Gasteiger partial charge in [0.15, 0.2) is 0 Å². The average Bonchev–Trinajstić information content (AvgIpc) is 2.12. The summed E-state index contributed by atoms with van der Waals surface area (Å²) in [6.45, 7) is 2.44. The second kappa shape index (κ2) is 6.24. The van der Waals surface area contributed by atoms with Crippen molar-refractivity contribution in [2.45, 2.75) is 19.4 Å². The van der Waals surface area contributed by atoms with Gasteiger partial charge in [-0.25, -0.2) is 17.2 Å². The van der Waals surface area contributed by atoms with Crippen molar-refractivity contribution in [3.05, 3.63) is 35.4 Å². The van der Waals surface area contributed by atoms with Crippen molar-refractivity contribution in [1.82, 2.24) is 5.32 Å². The summed E-state index contributed by atoms with van der Waals surface area (Å²) in [7, 11) is -3.14. The molecule has 1 aromatic rings. The Morgan fingerprint density at radius 3 is 2.22 bits per heavy atom. The highest BCUT2D eigenvalue weighted by Crippen LogP contribution is 2.11. The van der Waals surface area contributed by atoms with Crippen LogP contribution >= 0.6 is 0 Å². The Balaban J connectivity index is 2.82. The van der Waals surface area contributed by atoms with Crippen LogP contribution in [-0.4, -0.2) is 33.0 Å². The molecule has 0 fully saturated rings. The quantitative estimate of drug-likeness (QED) is 0.857. The van der Waals surface area contributed by atoms with E-state index in [0.29, 0.717) is 12.1 Å². The lowest BCUT2D eigenvalue weighted by atomic mass is 10.1. The van der Waals surface area contributed by atoms with Crippen LogP contribution in [0.2, 0.25) is 0 Å². The summed E-state index contributed by atoms with van der Waals surface area (Å²) >= 11 is 0. The summed E-state index contributed by atoms with van der Waals surface area (Å²) < 4.78 is 48.6. The van der Waals surface area contributed by atoms with E-state index < -0.39 is 21.5 Å². The Morgan fingerprint density at radius 1 is 1.22 bits per heavy atom. The number of likely N-dealkylation sites (N-methyl/N-ethyl adjacent to an activating group) is 1. The van der Waals surface area contributed by atoms with Gasteiger partial charge in [-0.1, -0.05) is 6.92 Å². The largest absolute Gasteiger partial charge is 0.313 e. The molecule has 0 aliphatic heterocycles. The number of sulfone groups is 1. The van der Waals surface area contributed by atoms with Crippen molar-refractivity contribution in [1.29, 1.82) is 0 Å². The lowest BCUT2D eigenvalue weighted by Crippen LogP contribution is -2.37. The van der Waals surface area contributed by atoms with E-state index in [2.05, 4.69) is 5.32 Å². The van der Waals surface area contributed by atoms with Crippen LogP contribution in [0.1, 0.15) is 12.5 Å². The standard InChI is InChI=1S/C12H17F2NO2S/c1-3-15-12(8-18(2,16)17)6-9-4-10(13)7-11(14)5-9/h4-5,7,12,15H,3,6,8H2,1-2H3. The fraction of sp³-hybridized carbons (Fsp3) is 0.500. The Labute approximate surface area is 106 Å². The highest BCUT2D eigenvalue weighted by atomic mass is 32.2. The zero-order valence-electron chi connectivity index (χ0n) is 10.4. The minimum atomic E-state index is -3.14. The van der Waals surface area contributed by atoms with Gasteiger partial charge in [-0.2, -0.15) is 0 Å². The molecule has 0 spiro atoms. The van der Waals surface area contributed by atoms with Crippen LogP contribution in [0.5, 0.6) is 0 Å². The second-order valence-corrected chi connectivity index (χ2v) is 6.51. The summed E-state index contributed by atoms with van der Waals surface area (Å²) in [5, 5.41) is 3.00. The Bertz CT molecular complexity index is 483. The molecule has 1 rings (SSSR count). The Hall–Kier alpha value is -1.01. The molecule has 0 bridgehead atoms. The average molecular weight is 277 g/mol. The molecular weight excluding hydrogens is 260 g/mol. The topological polar surface area (TPSA) is 46.2 Å². The van der Waals surface area contributed by atoms with E-state index >= 15 is 0 Å². The second-order valence-electron chi connectivity index (χ2n) is 4.33. The summed E-state index contributed by atoms with van der Waals surface area (Å²) in [5.74, 6) is -1.36. The predicted octanol–water partition coefficient (Wildman–Crippen LogP) is 1.53. The first-order valence-corrected chi connectivity index (χ1v) is 7.72. The van der Waals surface area contributed by atoms with Gasteiger partial charge in [-0.3, -0.25) is 0 Å². The monoisotopic (exact) mass is 277 g/mol. The molecule has 1 unspecified atom stereocenters. The van der Waals surface area contributed by atoms with Crippen molar-refractivity contribution in [2.75, 3.05) is 18.6 Å². The third kappa shape index (κ3) is 5.55. The van der Waals surface area contributed by atoms with Crippen molar-refractivity contribution in [2.24, 2.45) is 0 Å². The highest BCUT2D eigenvalue weighted by Gasteiger charge is 2.15. The van der Waals surface area contributed by atoms with E-state index in [1.165, 1.54) is 12.1 Å². The molecule has 1 atom stereocenters. The lowest BCUT2D eigenvalue weighted by Gasteiger charge is -2.17. The molecule has 0 saturated carbocycles. The summed E-state index contributed by atoms with van der Waals surface area (Å²) in [4.78, 5) is 0. The molecule has 6 heteroatoms. The number of nitrogens with one attached hydrogen (secondary N) is 1. The zero-order chi connectivity index (χ0) is 13.8. The lowest BCUT2D eigenvalue weighted by molar-refractivity contribution is 0.538. The van der Waals surface area contributed by atoms with Crippen molar-refractivity contribution >= 4 is 9.84 Å². The van der Waals surface area contributed by atoms with E-state index in [0.717, 1.165) is 12.3 Å². The molecule has 102 valence electrons. The van der Waals surface area contributed by atoms with Gasteiger partial charge in [0.1, 0.15) is 21.5 Å². The SMILES string of the molecule is CCNC(Cc1cc(F)cc(F)c1)CS(C)(=O)=O. The molecular formula is C12H17F2NO2S. The van der Waals surface area contributed by atoms with Gasteiger partial charge in [-0.15, -0.1) is 0 Å². The van der Waals surface area contributed by atoms with Gasteiger partial charge in [0.2, 0.25) is 0 Å². The maximum Gasteiger partial charge on any atom is 0.148 e. The number of rotatable bonds is 6. The summed E-state index contributed by atoms with van der Waals surface area (Å²) in [6, 6.07) is 2.89. The van der Waals surface area contributed by atoms with Crippen molar-refractivity contribution in [3.8, 4) is 0 Å². The van der Waals surface area contributed by atoms with E-state index in [1.807, 2.05) is 6.92 Å². The first-order chi connectivity index (χ1) is 8.30. The predicted molar refractivity (Wildman–Crippen MR) is 67.2 cm³/mol. The fourth-order valence-electron chi connectivity index (χ4n) is 1.86. The van der Waals surface area contributed by atoms with E-state index in [9.17, 15) is 17.2 Å². The van der Waals surface area contributed by atoms with Gasteiger partial charge in [0.25, 0.3) is 0 Å². The van der Waals surface area contributed by atoms with Gasteiger partial charge in [0.05, 0.1) is 5.75 Å². The smallest absolute Gasteiger partial charge is 0.148 e. The van der Waals surface area contributed by atoms with Gasteiger partial charge in [0, 0.05) is 18.4 Å². The van der Waals surface area contributed by atoms with E-state index in [1.54, 1.807) is 0 Å². The third-order valence-corrected chi connectivity index (χ3v) is 3.41. The van der Waals surface area contributed by atoms with E-state index in [4.69, 9.17) is 0 Å². The Morgan fingerprint density at radius 2 is 1.78 bits per heavy atom. The maximum atomic E-state index is 13.0. The molecule has 0 radical (unpaired) electrons. The molecule has 0 amide bonds. The van der Waals surface area contributed by atoms with Crippen molar-refractivity contribution < 1.29 is 17.2 Å². The molecule has 1 N–H and O–H groups in total. The first kappa shape index (κ1) is 15.0. The molecule has 0 heterocycles. The van der Waals surface area contributed by atoms with Gasteiger partial charge in [-0.05, 0) is 30.7 Å². The normalized spacial score (nSPS) is 13.6. The molecule has 1 aromatic carbocycles. The van der Waals surface area contributed by atoms with Crippen LogP contribution in [0.3, 0.4) is 0 Å². The van der Waals surface area contributed by atoms with Crippen LogP contribution in [0.25, 0.3) is 0 Å². The maximum absolute atomic E-state index is 13.0. The van der Waals surface area contributed by atoms with Gasteiger partial charge >= 0.3 is 0 Å². The third-order valence-electron chi connectivity index (χ3n) is 2.40. The van der Waals surface area contributed by atoms with Crippen LogP contribution in [0, 0.1) is 11.6 Å². The first-order valence-electron chi connectivity index (χ1n) is 5.66. The van der Waals surface area contributed by atoms with Crippen LogP contribution in [-0.2, 0) is 16.3 Å². The number of hydrogen-bond donors (Lipinski definition) is 1. The minimum absolute atomic E-state index is 0.0566. The molecule has 0 saturated heterocycles. The minimum Gasteiger partial charge on any atom is -0.313 e. The van der Waals surface area contributed by atoms with E-state index in [-0.39, 0.29) is 18.2 Å². The zero-order valence-corrected chi connectivity index (χ0v) is 11.2. The molecule has 0 aromatic heterocycles. The Kier molecular flexibility index (Phi) is 5.22. The summed E-state index contributed by atoms with van der Waals surface area (Å²) in [5.41, 5.74) is 0.446. The summed E-state index contributed by atoms with van der Waals surface area (Å²) in [6.07, 6.45) is 1.42. The molecule has 18 heavy (non-hydrogen) atoms. The van der Waals surface area contributed by atoms with Crippen LogP contribution in [0.15, 0.2) is 18.2 Å². The van der Waals surface area contributed by atoms with Gasteiger partial charge < -0.3 is 5.32 Å². The molecule has 3 nitrogen and oxygen atoms in total. The highest BCUT2D eigenvalue weighted by molar-refractivity contribution is 7.90. The number of benzene rings is 1. The van der Waals surface area contributed by atoms with Crippen LogP contribution in [0.4, 0.5) is 8.78 Å². The fourth-order valence-corrected chi connectivity index (χ4v) is 2.82. The molecule has 0 aliphatic rings. The number of hydrogen-bond acceptors (Lipinski definition) is 3. The molecule has 0 aliphatic carbocycles.